The van der Waals surface area contributed by atoms with Gasteiger partial charge in [0.2, 0.25) is 0 Å². The molecule has 1 heterocycles. The zero-order chi connectivity index (χ0) is 5.98. The molecular formula is C5H9NO2. The number of esters is 1. The molecule has 0 saturated carbocycles. The van der Waals surface area contributed by atoms with Crippen molar-refractivity contribution in [3.05, 3.63) is 0 Å². The molecule has 0 amide bonds. The predicted octanol–water partition coefficient (Wildman–Crippen LogP) is -0.479. The van der Waals surface area contributed by atoms with Crippen LogP contribution < -0.4 is 5.32 Å². The molecule has 1 N–H and O–H groups in total. The SMILES string of the molecule is CN[C@H]1COC(=O)C1. The van der Waals surface area contributed by atoms with E-state index in [9.17, 15) is 4.79 Å². The summed E-state index contributed by atoms with van der Waals surface area (Å²) in [7, 11) is 1.83. The summed E-state index contributed by atoms with van der Waals surface area (Å²) in [4.78, 5) is 10.4. The number of likely N-dealkylation sites (N-methyl/N-ethyl adjacent to an activating group) is 1. The lowest BCUT2D eigenvalue weighted by Gasteiger charge is -1.99. The van der Waals surface area contributed by atoms with Gasteiger partial charge in [0.1, 0.15) is 6.61 Å². The minimum atomic E-state index is -0.0932. The molecule has 1 atom stereocenters. The molecule has 0 aromatic heterocycles. The van der Waals surface area contributed by atoms with Gasteiger partial charge in [-0.15, -0.1) is 0 Å². The monoisotopic (exact) mass is 115 g/mol. The third-order valence-corrected chi connectivity index (χ3v) is 1.27. The van der Waals surface area contributed by atoms with Crippen molar-refractivity contribution in [2.24, 2.45) is 0 Å². The minimum Gasteiger partial charge on any atom is -0.464 e. The van der Waals surface area contributed by atoms with Gasteiger partial charge in [-0.3, -0.25) is 4.79 Å². The lowest BCUT2D eigenvalue weighted by Crippen LogP contribution is -2.24. The van der Waals surface area contributed by atoms with Crippen LogP contribution >= 0.6 is 0 Å². The Kier molecular flexibility index (Phi) is 1.48. The van der Waals surface area contributed by atoms with Gasteiger partial charge >= 0.3 is 5.97 Å². The van der Waals surface area contributed by atoms with E-state index in [0.717, 1.165) is 0 Å². The summed E-state index contributed by atoms with van der Waals surface area (Å²) in [5.74, 6) is -0.0932. The van der Waals surface area contributed by atoms with Crippen molar-refractivity contribution in [3.8, 4) is 0 Å². The van der Waals surface area contributed by atoms with Crippen LogP contribution in [0.3, 0.4) is 0 Å². The van der Waals surface area contributed by atoms with E-state index in [-0.39, 0.29) is 12.0 Å². The average molecular weight is 115 g/mol. The van der Waals surface area contributed by atoms with Gasteiger partial charge in [0.25, 0.3) is 0 Å². The maximum Gasteiger partial charge on any atom is 0.307 e. The van der Waals surface area contributed by atoms with Gasteiger partial charge in [-0.05, 0) is 7.05 Å². The Morgan fingerprint density at radius 2 is 2.62 bits per heavy atom. The van der Waals surface area contributed by atoms with Crippen LogP contribution in [0.2, 0.25) is 0 Å². The average Bonchev–Trinajstić information content (AvgIpc) is 2.14. The van der Waals surface area contributed by atoms with Gasteiger partial charge in [-0.1, -0.05) is 0 Å². The molecule has 0 aromatic rings. The number of hydrogen-bond donors (Lipinski definition) is 1. The van der Waals surface area contributed by atoms with Crippen molar-refractivity contribution in [2.75, 3.05) is 13.7 Å². The summed E-state index contributed by atoms with van der Waals surface area (Å²) in [6.45, 7) is 0.537. The molecule has 3 nitrogen and oxygen atoms in total. The zero-order valence-corrected chi connectivity index (χ0v) is 4.81. The molecular weight excluding hydrogens is 106 g/mol. The van der Waals surface area contributed by atoms with Crippen LogP contribution in [0.5, 0.6) is 0 Å². The standard InChI is InChI=1S/C5H9NO2/c1-6-4-2-5(7)8-3-4/h4,6H,2-3H2,1H3/t4-/m1/s1. The second-order valence-corrected chi connectivity index (χ2v) is 1.87. The first-order chi connectivity index (χ1) is 3.83. The van der Waals surface area contributed by atoms with Gasteiger partial charge in [0, 0.05) is 0 Å². The molecule has 1 aliphatic rings. The highest BCUT2D eigenvalue weighted by Crippen LogP contribution is 2.03. The largest absolute Gasteiger partial charge is 0.464 e. The van der Waals surface area contributed by atoms with Gasteiger partial charge in [0.05, 0.1) is 12.5 Å². The second kappa shape index (κ2) is 2.13. The molecule has 0 aromatic carbocycles. The number of carbonyl (C=O) groups excluding carboxylic acids is 1. The summed E-state index contributed by atoms with van der Waals surface area (Å²) in [5, 5.41) is 2.95. The van der Waals surface area contributed by atoms with Crippen LogP contribution in [0.1, 0.15) is 6.42 Å². The summed E-state index contributed by atoms with van der Waals surface area (Å²) in [6, 6.07) is 0.252. The van der Waals surface area contributed by atoms with E-state index >= 15 is 0 Å². The van der Waals surface area contributed by atoms with Crippen LogP contribution in [0.15, 0.2) is 0 Å². The molecule has 46 valence electrons. The zero-order valence-electron chi connectivity index (χ0n) is 4.81. The quantitative estimate of drug-likeness (QED) is 0.469. The highest BCUT2D eigenvalue weighted by molar-refractivity contribution is 5.72. The maximum atomic E-state index is 10.4. The molecule has 0 unspecified atom stereocenters. The van der Waals surface area contributed by atoms with Crippen molar-refractivity contribution < 1.29 is 9.53 Å². The third-order valence-electron chi connectivity index (χ3n) is 1.27. The molecule has 1 saturated heterocycles. The number of cyclic esters (lactones) is 1. The van der Waals surface area contributed by atoms with Gasteiger partial charge in [-0.2, -0.15) is 0 Å². The van der Waals surface area contributed by atoms with E-state index in [1.54, 1.807) is 0 Å². The van der Waals surface area contributed by atoms with Crippen LogP contribution in [-0.2, 0) is 9.53 Å². The summed E-state index contributed by atoms with van der Waals surface area (Å²) in [6.07, 6.45) is 0.524. The Balaban J connectivity index is 2.32. The Morgan fingerprint density at radius 1 is 1.88 bits per heavy atom. The van der Waals surface area contributed by atoms with E-state index < -0.39 is 0 Å². The number of carbonyl (C=O) groups is 1. The molecule has 0 radical (unpaired) electrons. The Hall–Kier alpha value is -0.570. The Morgan fingerprint density at radius 3 is 2.88 bits per heavy atom. The summed E-state index contributed by atoms with van der Waals surface area (Å²) < 4.78 is 4.65. The van der Waals surface area contributed by atoms with Gasteiger partial charge < -0.3 is 10.1 Å². The van der Waals surface area contributed by atoms with Crippen molar-refractivity contribution in [1.29, 1.82) is 0 Å². The van der Waals surface area contributed by atoms with Crippen molar-refractivity contribution in [3.63, 3.8) is 0 Å². The Labute approximate surface area is 48.0 Å². The first kappa shape index (κ1) is 5.56. The van der Waals surface area contributed by atoms with E-state index in [1.807, 2.05) is 7.05 Å². The van der Waals surface area contributed by atoms with Crippen LogP contribution in [-0.4, -0.2) is 25.7 Å². The molecule has 8 heavy (non-hydrogen) atoms. The smallest absolute Gasteiger partial charge is 0.307 e. The summed E-state index contributed by atoms with van der Waals surface area (Å²) in [5.41, 5.74) is 0. The number of ether oxygens (including phenoxy) is 1. The fourth-order valence-corrected chi connectivity index (χ4v) is 0.698. The third kappa shape index (κ3) is 0.980. The number of nitrogens with one attached hydrogen (secondary N) is 1. The van der Waals surface area contributed by atoms with E-state index in [4.69, 9.17) is 0 Å². The molecule has 0 spiro atoms. The maximum absolute atomic E-state index is 10.4. The fourth-order valence-electron chi connectivity index (χ4n) is 0.698. The predicted molar refractivity (Wildman–Crippen MR) is 28.4 cm³/mol. The molecule has 0 aliphatic carbocycles. The highest BCUT2D eigenvalue weighted by atomic mass is 16.5. The minimum absolute atomic E-state index is 0.0932. The lowest BCUT2D eigenvalue weighted by atomic mass is 10.3. The highest BCUT2D eigenvalue weighted by Gasteiger charge is 2.20. The van der Waals surface area contributed by atoms with E-state index in [1.165, 1.54) is 0 Å². The van der Waals surface area contributed by atoms with Gasteiger partial charge in [-0.25, -0.2) is 0 Å². The van der Waals surface area contributed by atoms with Crippen LogP contribution in [0.25, 0.3) is 0 Å². The topological polar surface area (TPSA) is 38.3 Å². The van der Waals surface area contributed by atoms with E-state index in [0.29, 0.717) is 13.0 Å². The first-order valence-electron chi connectivity index (χ1n) is 2.66. The number of rotatable bonds is 1. The number of hydrogen-bond acceptors (Lipinski definition) is 3. The molecule has 1 rings (SSSR count). The normalized spacial score (nSPS) is 28.1. The molecule has 0 bridgehead atoms. The lowest BCUT2D eigenvalue weighted by molar-refractivity contribution is -0.137. The summed E-state index contributed by atoms with van der Waals surface area (Å²) >= 11 is 0. The van der Waals surface area contributed by atoms with Crippen LogP contribution in [0.4, 0.5) is 0 Å². The second-order valence-electron chi connectivity index (χ2n) is 1.87. The van der Waals surface area contributed by atoms with Crippen molar-refractivity contribution in [2.45, 2.75) is 12.5 Å². The van der Waals surface area contributed by atoms with Crippen LogP contribution in [0, 0.1) is 0 Å². The Bertz CT molecular complexity index is 103. The van der Waals surface area contributed by atoms with E-state index in [2.05, 4.69) is 10.1 Å². The van der Waals surface area contributed by atoms with Crippen molar-refractivity contribution in [1.82, 2.24) is 5.32 Å². The fraction of sp³-hybridized carbons (Fsp3) is 0.800. The molecule has 3 heteroatoms. The molecule has 1 fully saturated rings. The van der Waals surface area contributed by atoms with Gasteiger partial charge in [0.15, 0.2) is 0 Å². The van der Waals surface area contributed by atoms with Crippen molar-refractivity contribution >= 4 is 5.97 Å². The first-order valence-corrected chi connectivity index (χ1v) is 2.66. The molecule has 1 aliphatic heterocycles.